The van der Waals surface area contributed by atoms with E-state index < -0.39 is 64.9 Å². The van der Waals surface area contributed by atoms with Crippen LogP contribution < -0.4 is 0 Å². The van der Waals surface area contributed by atoms with Gasteiger partial charge < -0.3 is 9.11 Å². The van der Waals surface area contributed by atoms with Crippen molar-refractivity contribution in [2.75, 3.05) is 34.5 Å². The Morgan fingerprint density at radius 1 is 0.692 bits per heavy atom. The molecule has 0 spiro atoms. The lowest BCUT2D eigenvalue weighted by Crippen LogP contribution is -2.30. The summed E-state index contributed by atoms with van der Waals surface area (Å²) in [4.78, 5) is 0. The number of hydrogen-bond donors (Lipinski definition) is 2. The molecule has 2 unspecified atom stereocenters. The molecule has 0 aromatic heterocycles. The van der Waals surface area contributed by atoms with Crippen molar-refractivity contribution < 1.29 is 35.0 Å². The van der Waals surface area contributed by atoms with Gasteiger partial charge in [-0.3, -0.25) is 9.11 Å². The van der Waals surface area contributed by atoms with Gasteiger partial charge in [-0.15, -0.1) is 0 Å². The smallest absolute Gasteiger partial charge is 0.265 e. The van der Waals surface area contributed by atoms with Gasteiger partial charge in [0.1, 0.15) is 23.0 Å². The van der Waals surface area contributed by atoms with E-state index in [1.165, 1.54) is 0 Å². The topological polar surface area (TPSA) is 155 Å². The Kier molecular flexibility index (Phi) is 10.5. The van der Waals surface area contributed by atoms with Crippen molar-refractivity contribution in [3.05, 3.63) is 0 Å². The predicted octanol–water partition coefficient (Wildman–Crippen LogP) is 1.09. The van der Waals surface area contributed by atoms with Gasteiger partial charge in [0.15, 0.2) is 0 Å². The van der Waals surface area contributed by atoms with E-state index in [-0.39, 0.29) is 23.0 Å². The van der Waals surface area contributed by atoms with Crippen LogP contribution in [0.25, 0.3) is 0 Å². The molecule has 0 aromatic rings. The fraction of sp³-hybridized carbons (Fsp3) is 1.00. The predicted molar refractivity (Wildman–Crippen MR) is 105 cm³/mol. The van der Waals surface area contributed by atoms with Crippen LogP contribution in [0.1, 0.15) is 40.5 Å². The van der Waals surface area contributed by atoms with Crippen LogP contribution in [0.3, 0.4) is 0 Å². The molecule has 0 aromatic carbocycles. The Hall–Kier alpha value is 0.440. The van der Waals surface area contributed by atoms with Crippen LogP contribution in [0.4, 0.5) is 0 Å². The molecule has 0 saturated heterocycles. The van der Waals surface area contributed by atoms with Crippen LogP contribution >= 0.6 is 0 Å². The van der Waals surface area contributed by atoms with Gasteiger partial charge in [-0.2, -0.15) is 16.8 Å². The largest absolute Gasteiger partial charge is 0.616 e. The molecule has 26 heavy (non-hydrogen) atoms. The molecular weight excluding hydrogens is 424 g/mol. The first-order valence-corrected chi connectivity index (χ1v) is 14.2. The van der Waals surface area contributed by atoms with Crippen molar-refractivity contribution in [1.82, 2.24) is 0 Å². The molecule has 0 heterocycles. The summed E-state index contributed by atoms with van der Waals surface area (Å²) < 4.78 is 85.5. The third-order valence-corrected chi connectivity index (χ3v) is 8.89. The first-order chi connectivity index (χ1) is 11.4. The second-order valence-electron chi connectivity index (χ2n) is 7.98. The Labute approximate surface area is 163 Å². The summed E-state index contributed by atoms with van der Waals surface area (Å²) in [6.45, 7) is 6.64. The lowest BCUT2D eigenvalue weighted by molar-refractivity contribution is 0.375. The second kappa shape index (κ2) is 10.3. The van der Waals surface area contributed by atoms with E-state index in [2.05, 4.69) is 0 Å². The van der Waals surface area contributed by atoms with E-state index >= 15 is 0 Å². The van der Waals surface area contributed by atoms with E-state index in [1.54, 1.807) is 27.7 Å². The molecule has 0 aliphatic heterocycles. The lowest BCUT2D eigenvalue weighted by Gasteiger charge is -2.24. The van der Waals surface area contributed by atoms with Crippen molar-refractivity contribution in [1.29, 1.82) is 0 Å². The summed E-state index contributed by atoms with van der Waals surface area (Å²) in [6, 6.07) is 0. The fourth-order valence-electron chi connectivity index (χ4n) is 2.30. The molecule has 158 valence electrons. The first-order valence-electron chi connectivity index (χ1n) is 8.01. The fourth-order valence-corrected chi connectivity index (χ4v) is 8.02. The first kappa shape index (κ1) is 26.4. The maximum absolute atomic E-state index is 12.0. The van der Waals surface area contributed by atoms with E-state index in [0.717, 1.165) is 0 Å². The Bertz CT molecular complexity index is 571. The molecule has 2 N–H and O–H groups in total. The molecule has 0 bridgehead atoms. The van der Waals surface area contributed by atoms with Crippen LogP contribution in [0.15, 0.2) is 0 Å². The Morgan fingerprint density at radius 3 is 1.19 bits per heavy atom. The molecule has 0 amide bonds. The van der Waals surface area contributed by atoms with Gasteiger partial charge in [0.2, 0.25) is 0 Å². The minimum atomic E-state index is -4.10. The third-order valence-electron chi connectivity index (χ3n) is 3.70. The highest BCUT2D eigenvalue weighted by molar-refractivity contribution is 7.95. The van der Waals surface area contributed by atoms with E-state index in [0.29, 0.717) is 12.8 Å². The number of rotatable bonds is 13. The Morgan fingerprint density at radius 2 is 0.962 bits per heavy atom. The molecular formula is C14H30O8S4. The van der Waals surface area contributed by atoms with Gasteiger partial charge in [0, 0.05) is 0 Å². The second-order valence-corrected chi connectivity index (χ2v) is 14.3. The molecule has 12 heteroatoms. The van der Waals surface area contributed by atoms with Gasteiger partial charge in [-0.1, -0.05) is 27.7 Å². The molecule has 0 aliphatic rings. The van der Waals surface area contributed by atoms with Gasteiger partial charge in [0.25, 0.3) is 20.2 Å². The monoisotopic (exact) mass is 454 g/mol. The highest BCUT2D eigenvalue weighted by atomic mass is 32.2. The molecule has 0 saturated carbocycles. The van der Waals surface area contributed by atoms with Crippen LogP contribution in [-0.4, -0.2) is 69.6 Å². The van der Waals surface area contributed by atoms with Crippen LogP contribution in [0.2, 0.25) is 0 Å². The van der Waals surface area contributed by atoms with Crippen molar-refractivity contribution in [3.8, 4) is 0 Å². The zero-order valence-electron chi connectivity index (χ0n) is 15.6. The molecule has 0 radical (unpaired) electrons. The van der Waals surface area contributed by atoms with E-state index in [1.807, 2.05) is 0 Å². The van der Waals surface area contributed by atoms with Gasteiger partial charge in [0.05, 0.1) is 11.5 Å². The lowest BCUT2D eigenvalue weighted by atomic mass is 9.93. The maximum atomic E-state index is 12.0. The summed E-state index contributed by atoms with van der Waals surface area (Å²) in [7, 11) is -8.20. The maximum Gasteiger partial charge on any atom is 0.265 e. The SMILES string of the molecule is CC(C)(CC[S+]([O-])CC[S+]([O-])CCC(C)(C)CS(=O)(=O)O)CS(=O)(=O)O. The molecule has 8 nitrogen and oxygen atoms in total. The quantitative estimate of drug-likeness (QED) is 0.309. The van der Waals surface area contributed by atoms with Crippen LogP contribution in [-0.2, 0) is 42.6 Å². The Balaban J connectivity index is 4.21. The minimum Gasteiger partial charge on any atom is -0.616 e. The summed E-state index contributed by atoms with van der Waals surface area (Å²) in [5.41, 5.74) is -1.41. The molecule has 0 rings (SSSR count). The third kappa shape index (κ3) is 15.5. The highest BCUT2D eigenvalue weighted by Gasteiger charge is 2.29. The van der Waals surface area contributed by atoms with Crippen LogP contribution in [0, 0.1) is 10.8 Å². The summed E-state index contributed by atoms with van der Waals surface area (Å²) >= 11 is -2.52. The molecule has 0 aliphatic carbocycles. The minimum absolute atomic E-state index is 0.202. The zero-order chi connectivity index (χ0) is 20.8. The van der Waals surface area contributed by atoms with Crippen LogP contribution in [0.5, 0.6) is 0 Å². The summed E-state index contributed by atoms with van der Waals surface area (Å²) in [5, 5.41) is 0. The van der Waals surface area contributed by atoms with Crippen molar-refractivity contribution in [2.24, 2.45) is 10.8 Å². The zero-order valence-corrected chi connectivity index (χ0v) is 18.9. The number of hydrogen-bond acceptors (Lipinski definition) is 6. The van der Waals surface area contributed by atoms with E-state index in [4.69, 9.17) is 9.11 Å². The molecule has 0 fully saturated rings. The molecule has 2 atom stereocenters. The highest BCUT2D eigenvalue weighted by Crippen LogP contribution is 2.24. The normalized spacial score (nSPS) is 16.5. The van der Waals surface area contributed by atoms with Gasteiger partial charge in [-0.05, 0) is 46.0 Å². The average Bonchev–Trinajstić information content (AvgIpc) is 2.35. The van der Waals surface area contributed by atoms with Crippen molar-refractivity contribution in [3.63, 3.8) is 0 Å². The van der Waals surface area contributed by atoms with E-state index in [9.17, 15) is 25.9 Å². The van der Waals surface area contributed by atoms with Gasteiger partial charge >= 0.3 is 0 Å². The summed E-state index contributed by atoms with van der Waals surface area (Å²) in [5.74, 6) is 0.0699. The van der Waals surface area contributed by atoms with Crippen molar-refractivity contribution >= 4 is 42.6 Å². The standard InChI is InChI=1S/C14H30O8S4/c1-13(2,11-25(17,18)19)5-7-23(15)9-10-24(16)8-6-14(3,4)12-26(20,21)22/h5-12H2,1-4H3,(H,17,18,19)(H,20,21,22). The van der Waals surface area contributed by atoms with Gasteiger partial charge in [-0.25, -0.2) is 0 Å². The summed E-state index contributed by atoms with van der Waals surface area (Å²) in [6.07, 6.45) is 0.681. The average molecular weight is 455 g/mol. The van der Waals surface area contributed by atoms with Crippen molar-refractivity contribution in [2.45, 2.75) is 40.5 Å².